The summed E-state index contributed by atoms with van der Waals surface area (Å²) in [5.74, 6) is 0.912. The lowest BCUT2D eigenvalue weighted by molar-refractivity contribution is -0.00754. The average molecular weight is 220 g/mol. The second-order valence-electron chi connectivity index (χ2n) is 3.81. The van der Waals surface area contributed by atoms with Crippen molar-refractivity contribution in [3.05, 3.63) is 11.7 Å². The molecule has 1 rings (SSSR count). The molecule has 1 aromatic rings. The van der Waals surface area contributed by atoms with Crippen LogP contribution < -0.4 is 0 Å². The summed E-state index contributed by atoms with van der Waals surface area (Å²) >= 11 is 0. The first kappa shape index (κ1) is 12.0. The molecule has 1 atom stereocenters. The van der Waals surface area contributed by atoms with E-state index in [4.69, 9.17) is 9.63 Å². The van der Waals surface area contributed by atoms with Crippen LogP contribution in [0.2, 0.25) is 0 Å². The highest BCUT2D eigenvalue weighted by atomic mass is 19.3. The summed E-state index contributed by atoms with van der Waals surface area (Å²) in [6, 6.07) is 0. The Hall–Kier alpha value is -1.04. The van der Waals surface area contributed by atoms with E-state index in [9.17, 15) is 8.78 Å². The Labute approximate surface area is 86.3 Å². The predicted octanol–water partition coefficient (Wildman–Crippen LogP) is 1.44. The molecular formula is C9H14F2N2O2. The van der Waals surface area contributed by atoms with Crippen LogP contribution in [0.3, 0.4) is 0 Å². The molecule has 0 saturated heterocycles. The van der Waals surface area contributed by atoms with E-state index in [1.165, 1.54) is 0 Å². The lowest BCUT2D eigenvalue weighted by Gasteiger charge is -2.04. The molecule has 1 aromatic heterocycles. The van der Waals surface area contributed by atoms with Crippen LogP contribution in [0.15, 0.2) is 4.52 Å². The van der Waals surface area contributed by atoms with E-state index in [0.717, 1.165) is 0 Å². The summed E-state index contributed by atoms with van der Waals surface area (Å²) in [5, 5.41) is 12.5. The van der Waals surface area contributed by atoms with E-state index in [2.05, 4.69) is 10.1 Å². The first-order valence-electron chi connectivity index (χ1n) is 4.76. The summed E-state index contributed by atoms with van der Waals surface area (Å²) in [5.41, 5.74) is 0. The van der Waals surface area contributed by atoms with Crippen molar-refractivity contribution in [3.63, 3.8) is 0 Å². The fourth-order valence-corrected chi connectivity index (χ4v) is 1.09. The van der Waals surface area contributed by atoms with Gasteiger partial charge in [0.05, 0.1) is 6.42 Å². The lowest BCUT2D eigenvalue weighted by atomic mass is 10.1. The van der Waals surface area contributed by atoms with Gasteiger partial charge >= 0.3 is 0 Å². The third-order valence-corrected chi connectivity index (χ3v) is 1.78. The SMILES string of the molecule is CC(C)Cc1noc(CC(O)C(F)F)n1. The zero-order valence-electron chi connectivity index (χ0n) is 8.65. The third-order valence-electron chi connectivity index (χ3n) is 1.78. The van der Waals surface area contributed by atoms with E-state index in [-0.39, 0.29) is 12.3 Å². The van der Waals surface area contributed by atoms with Crippen molar-refractivity contribution in [2.24, 2.45) is 5.92 Å². The van der Waals surface area contributed by atoms with Crippen molar-refractivity contribution in [3.8, 4) is 0 Å². The molecule has 0 saturated carbocycles. The van der Waals surface area contributed by atoms with Gasteiger partial charge in [0.15, 0.2) is 5.82 Å². The Balaban J connectivity index is 2.53. The summed E-state index contributed by atoms with van der Waals surface area (Å²) in [6.07, 6.45) is -4.19. The van der Waals surface area contributed by atoms with Gasteiger partial charge in [-0.25, -0.2) is 8.78 Å². The molecule has 1 unspecified atom stereocenters. The molecule has 0 spiro atoms. The minimum Gasteiger partial charge on any atom is -0.387 e. The maximum atomic E-state index is 12.0. The van der Waals surface area contributed by atoms with Gasteiger partial charge in [0.25, 0.3) is 6.43 Å². The van der Waals surface area contributed by atoms with E-state index in [0.29, 0.717) is 18.2 Å². The summed E-state index contributed by atoms with van der Waals surface area (Å²) in [4.78, 5) is 3.90. The van der Waals surface area contributed by atoms with Gasteiger partial charge in [-0.3, -0.25) is 0 Å². The number of aromatic nitrogens is 2. The molecule has 0 radical (unpaired) electrons. The van der Waals surface area contributed by atoms with Crippen molar-refractivity contribution in [2.75, 3.05) is 0 Å². The number of halogens is 2. The van der Waals surface area contributed by atoms with E-state index in [1.54, 1.807) is 0 Å². The number of aliphatic hydroxyl groups excluding tert-OH is 1. The molecular weight excluding hydrogens is 206 g/mol. The number of hydrogen-bond donors (Lipinski definition) is 1. The van der Waals surface area contributed by atoms with Crippen LogP contribution in [0.25, 0.3) is 0 Å². The second-order valence-corrected chi connectivity index (χ2v) is 3.81. The van der Waals surface area contributed by atoms with Crippen molar-refractivity contribution >= 4 is 0 Å². The van der Waals surface area contributed by atoms with Gasteiger partial charge in [-0.2, -0.15) is 4.98 Å². The lowest BCUT2D eigenvalue weighted by Crippen LogP contribution is -2.20. The summed E-state index contributed by atoms with van der Waals surface area (Å²) in [6.45, 7) is 3.98. The zero-order valence-corrected chi connectivity index (χ0v) is 8.65. The highest BCUT2D eigenvalue weighted by Gasteiger charge is 2.20. The topological polar surface area (TPSA) is 59.2 Å². The average Bonchev–Trinajstić information content (AvgIpc) is 2.51. The minimum absolute atomic E-state index is 0.0541. The predicted molar refractivity (Wildman–Crippen MR) is 48.6 cm³/mol. The molecule has 0 aliphatic carbocycles. The Morgan fingerprint density at radius 2 is 2.00 bits per heavy atom. The Morgan fingerprint density at radius 1 is 1.33 bits per heavy atom. The van der Waals surface area contributed by atoms with Gasteiger partial charge in [-0.15, -0.1) is 0 Å². The molecule has 0 aromatic carbocycles. The first-order valence-corrected chi connectivity index (χ1v) is 4.76. The smallest absolute Gasteiger partial charge is 0.264 e. The van der Waals surface area contributed by atoms with Gasteiger partial charge in [0.1, 0.15) is 6.10 Å². The second kappa shape index (κ2) is 5.16. The van der Waals surface area contributed by atoms with Crippen molar-refractivity contribution < 1.29 is 18.4 Å². The van der Waals surface area contributed by atoms with Gasteiger partial charge in [-0.05, 0) is 5.92 Å². The molecule has 1 N–H and O–H groups in total. The number of alkyl halides is 2. The monoisotopic (exact) mass is 220 g/mol. The van der Waals surface area contributed by atoms with Crippen molar-refractivity contribution in [1.29, 1.82) is 0 Å². The maximum Gasteiger partial charge on any atom is 0.264 e. The van der Waals surface area contributed by atoms with Crippen LogP contribution in [0.4, 0.5) is 8.78 Å². The molecule has 4 nitrogen and oxygen atoms in total. The highest BCUT2D eigenvalue weighted by molar-refractivity contribution is 4.89. The first-order chi connectivity index (χ1) is 6.99. The van der Waals surface area contributed by atoms with Crippen LogP contribution in [0.1, 0.15) is 25.6 Å². The van der Waals surface area contributed by atoms with Crippen LogP contribution in [-0.4, -0.2) is 27.8 Å². The zero-order chi connectivity index (χ0) is 11.4. The maximum absolute atomic E-state index is 12.0. The van der Waals surface area contributed by atoms with Crippen LogP contribution >= 0.6 is 0 Å². The van der Waals surface area contributed by atoms with Crippen LogP contribution in [-0.2, 0) is 12.8 Å². The van der Waals surface area contributed by atoms with E-state index in [1.807, 2.05) is 13.8 Å². The van der Waals surface area contributed by atoms with Crippen molar-refractivity contribution in [2.45, 2.75) is 39.2 Å². The molecule has 0 aliphatic rings. The molecule has 15 heavy (non-hydrogen) atoms. The largest absolute Gasteiger partial charge is 0.387 e. The van der Waals surface area contributed by atoms with E-state index < -0.39 is 12.5 Å². The highest BCUT2D eigenvalue weighted by Crippen LogP contribution is 2.09. The normalized spacial score (nSPS) is 13.8. The fraction of sp³-hybridized carbons (Fsp3) is 0.778. The standard InChI is InChI=1S/C9H14F2N2O2/c1-5(2)3-7-12-8(15-13-7)4-6(14)9(10)11/h5-6,9,14H,3-4H2,1-2H3. The molecule has 0 aliphatic heterocycles. The van der Waals surface area contributed by atoms with Crippen molar-refractivity contribution in [1.82, 2.24) is 10.1 Å². The van der Waals surface area contributed by atoms with E-state index >= 15 is 0 Å². The number of rotatable bonds is 5. The van der Waals surface area contributed by atoms with Gasteiger partial charge in [-0.1, -0.05) is 19.0 Å². The Bertz CT molecular complexity index is 302. The molecule has 0 bridgehead atoms. The van der Waals surface area contributed by atoms with Crippen LogP contribution in [0.5, 0.6) is 0 Å². The molecule has 86 valence electrons. The molecule has 6 heteroatoms. The summed E-state index contributed by atoms with van der Waals surface area (Å²) < 4.78 is 28.7. The van der Waals surface area contributed by atoms with Gasteiger partial charge in [0.2, 0.25) is 5.89 Å². The Morgan fingerprint density at radius 3 is 2.53 bits per heavy atom. The number of aliphatic hydroxyl groups is 1. The van der Waals surface area contributed by atoms with Gasteiger partial charge < -0.3 is 9.63 Å². The van der Waals surface area contributed by atoms with Crippen LogP contribution in [0, 0.1) is 5.92 Å². The molecule has 1 heterocycles. The molecule has 0 amide bonds. The number of nitrogens with zero attached hydrogens (tertiary/aromatic N) is 2. The van der Waals surface area contributed by atoms with Gasteiger partial charge in [0, 0.05) is 6.42 Å². The Kier molecular flexibility index (Phi) is 4.14. The number of hydrogen-bond acceptors (Lipinski definition) is 4. The third kappa shape index (κ3) is 3.91. The minimum atomic E-state index is -2.79. The fourth-order valence-electron chi connectivity index (χ4n) is 1.09. The summed E-state index contributed by atoms with van der Waals surface area (Å²) in [7, 11) is 0. The quantitative estimate of drug-likeness (QED) is 0.815. The molecule has 0 fully saturated rings.